The van der Waals surface area contributed by atoms with Gasteiger partial charge in [-0.15, -0.1) is 0 Å². The first-order valence-electron chi connectivity index (χ1n) is 11.0. The van der Waals surface area contributed by atoms with Gasteiger partial charge in [-0.2, -0.15) is 0 Å². The highest BCUT2D eigenvalue weighted by atomic mass is 32.2. The van der Waals surface area contributed by atoms with Crippen molar-refractivity contribution >= 4 is 23.3 Å². The molecular weight excluding hydrogens is 418 g/mol. The summed E-state index contributed by atoms with van der Waals surface area (Å²) in [5, 5.41) is 14.3. The van der Waals surface area contributed by atoms with E-state index in [9.17, 15) is 9.90 Å². The molecule has 0 fully saturated rings. The highest BCUT2D eigenvalue weighted by Crippen LogP contribution is 2.27. The van der Waals surface area contributed by atoms with Crippen molar-refractivity contribution in [1.29, 1.82) is 0 Å². The van der Waals surface area contributed by atoms with Gasteiger partial charge in [0, 0.05) is 20.9 Å². The van der Waals surface area contributed by atoms with Crippen molar-refractivity contribution in [2.24, 2.45) is 5.16 Å². The minimum atomic E-state index is -1.21. The molecule has 1 atom stereocenters. The molecule has 3 rings (SSSR count). The summed E-state index contributed by atoms with van der Waals surface area (Å²) in [6.07, 6.45) is 3.41. The lowest BCUT2D eigenvalue weighted by atomic mass is 10.0. The molecule has 0 aliphatic rings. The molecule has 0 spiro atoms. The second kappa shape index (κ2) is 12.8. The van der Waals surface area contributed by atoms with Crippen LogP contribution in [0.3, 0.4) is 0 Å². The van der Waals surface area contributed by atoms with Crippen molar-refractivity contribution in [3.63, 3.8) is 0 Å². The van der Waals surface area contributed by atoms with E-state index in [1.807, 2.05) is 60.7 Å². The van der Waals surface area contributed by atoms with Gasteiger partial charge in [-0.25, -0.2) is 0 Å². The summed E-state index contributed by atoms with van der Waals surface area (Å²) in [5.41, 5.74) is 1.49. The van der Waals surface area contributed by atoms with Crippen LogP contribution < -0.4 is 0 Å². The number of carbonyl (C=O) groups excluding carboxylic acids is 1. The maximum absolute atomic E-state index is 13.1. The summed E-state index contributed by atoms with van der Waals surface area (Å²) in [6, 6.07) is 26.7. The van der Waals surface area contributed by atoms with E-state index in [0.29, 0.717) is 23.3 Å². The lowest BCUT2D eigenvalue weighted by molar-refractivity contribution is -0.102. The maximum Gasteiger partial charge on any atom is 0.250 e. The van der Waals surface area contributed by atoms with Crippen LogP contribution in [0.2, 0.25) is 0 Å². The molecule has 1 N–H and O–H groups in total. The first-order chi connectivity index (χ1) is 15.7. The van der Waals surface area contributed by atoms with Crippen LogP contribution in [0.15, 0.2) is 99.9 Å². The van der Waals surface area contributed by atoms with Crippen LogP contribution >= 0.6 is 11.8 Å². The third-order valence-electron chi connectivity index (χ3n) is 4.97. The summed E-state index contributed by atoms with van der Waals surface area (Å²) >= 11 is 1.65. The number of hydrogen-bond donors (Lipinski definition) is 1. The number of Topliss-reactive ketones (excluding diaryl/α,β-unsaturated/α-hetero) is 1. The Bertz CT molecular complexity index is 988. The smallest absolute Gasteiger partial charge is 0.250 e. The summed E-state index contributed by atoms with van der Waals surface area (Å²) in [6.45, 7) is 2.15. The number of unbranched alkanes of at least 4 members (excludes halogenated alkanes) is 3. The molecule has 0 heterocycles. The Morgan fingerprint density at radius 2 is 1.50 bits per heavy atom. The Balaban J connectivity index is 1.70. The number of ketones is 1. The molecule has 4 nitrogen and oxygen atoms in total. The summed E-state index contributed by atoms with van der Waals surface area (Å²) in [7, 11) is 0. The molecule has 0 radical (unpaired) electrons. The second-order valence-corrected chi connectivity index (χ2v) is 8.63. The van der Waals surface area contributed by atoms with E-state index in [4.69, 9.17) is 4.84 Å². The highest BCUT2D eigenvalue weighted by molar-refractivity contribution is 7.99. The number of oxime groups is 1. The number of carbonyl (C=O) groups is 1. The van der Waals surface area contributed by atoms with Crippen LogP contribution in [-0.4, -0.2) is 16.6 Å². The van der Waals surface area contributed by atoms with E-state index in [1.54, 1.807) is 23.9 Å². The number of benzene rings is 3. The van der Waals surface area contributed by atoms with Gasteiger partial charge in [0.25, 0.3) is 6.29 Å². The fourth-order valence-corrected chi connectivity index (χ4v) is 4.02. The zero-order chi connectivity index (χ0) is 22.6. The minimum Gasteiger partial charge on any atom is -0.358 e. The van der Waals surface area contributed by atoms with Gasteiger partial charge in [-0.3, -0.25) is 4.79 Å². The van der Waals surface area contributed by atoms with Crippen LogP contribution in [0.4, 0.5) is 0 Å². The van der Waals surface area contributed by atoms with Crippen LogP contribution in [0, 0.1) is 0 Å². The van der Waals surface area contributed by atoms with E-state index in [2.05, 4.69) is 24.2 Å². The van der Waals surface area contributed by atoms with Crippen LogP contribution in [-0.2, 0) is 4.84 Å². The number of rotatable bonds is 12. The number of aliphatic hydroxyl groups excluding tert-OH is 1. The number of nitrogens with zero attached hydrogens (tertiary/aromatic N) is 1. The van der Waals surface area contributed by atoms with Gasteiger partial charge in [0.1, 0.15) is 5.71 Å². The van der Waals surface area contributed by atoms with Gasteiger partial charge < -0.3 is 9.94 Å². The molecule has 0 saturated carbocycles. The van der Waals surface area contributed by atoms with Gasteiger partial charge in [-0.05, 0) is 49.2 Å². The monoisotopic (exact) mass is 447 g/mol. The second-order valence-electron chi connectivity index (χ2n) is 7.49. The van der Waals surface area contributed by atoms with Crippen molar-refractivity contribution in [3.05, 3.63) is 96.1 Å². The summed E-state index contributed by atoms with van der Waals surface area (Å²) < 4.78 is 0. The van der Waals surface area contributed by atoms with Crippen LogP contribution in [0.5, 0.6) is 0 Å². The number of aliphatic hydroxyl groups is 1. The number of hydrogen-bond acceptors (Lipinski definition) is 5. The predicted molar refractivity (Wildman–Crippen MR) is 130 cm³/mol. The molecule has 1 unspecified atom stereocenters. The van der Waals surface area contributed by atoms with Crippen molar-refractivity contribution in [3.8, 4) is 0 Å². The van der Waals surface area contributed by atoms with Crippen LogP contribution in [0.1, 0.15) is 61.2 Å². The molecule has 5 heteroatoms. The molecule has 32 heavy (non-hydrogen) atoms. The van der Waals surface area contributed by atoms with Crippen molar-refractivity contribution < 1.29 is 14.7 Å². The summed E-state index contributed by atoms with van der Waals surface area (Å²) in [4.78, 5) is 20.6. The van der Waals surface area contributed by atoms with Gasteiger partial charge in [-0.1, -0.05) is 91.6 Å². The first-order valence-corrected chi connectivity index (χ1v) is 11.8. The van der Waals surface area contributed by atoms with Crippen molar-refractivity contribution in [1.82, 2.24) is 0 Å². The van der Waals surface area contributed by atoms with Gasteiger partial charge >= 0.3 is 0 Å². The molecule has 0 aromatic heterocycles. The normalized spacial score (nSPS) is 12.4. The molecule has 0 bridgehead atoms. The molecule has 3 aromatic rings. The predicted octanol–water partition coefficient (Wildman–Crippen LogP) is 7.05. The first kappa shape index (κ1) is 23.8. The Labute approximate surface area is 194 Å². The average Bonchev–Trinajstić information content (AvgIpc) is 2.84. The zero-order valence-corrected chi connectivity index (χ0v) is 19.1. The van der Waals surface area contributed by atoms with Gasteiger partial charge in [0.2, 0.25) is 5.78 Å². The third kappa shape index (κ3) is 7.36. The Morgan fingerprint density at radius 3 is 2.16 bits per heavy atom. The fraction of sp³-hybridized carbons (Fsp3) is 0.259. The fourth-order valence-electron chi connectivity index (χ4n) is 3.18. The largest absolute Gasteiger partial charge is 0.358 e. The molecule has 0 amide bonds. The van der Waals surface area contributed by atoms with Gasteiger partial charge in [0.05, 0.1) is 0 Å². The van der Waals surface area contributed by atoms with Crippen LogP contribution in [0.25, 0.3) is 0 Å². The Hall–Kier alpha value is -2.89. The Morgan fingerprint density at radius 1 is 0.875 bits per heavy atom. The standard InChI is InChI=1S/C27H29NO3S/c1-2-3-4-11-16-25(28-31-27(30)22-12-7-5-8-13-22)26(29)21-17-19-24(20-18-21)32-23-14-9-6-10-15-23/h5-10,12-15,17-20,27,30H,2-4,11,16H2,1H3/b28-25-. The lowest BCUT2D eigenvalue weighted by Gasteiger charge is -2.11. The highest BCUT2D eigenvalue weighted by Gasteiger charge is 2.17. The lowest BCUT2D eigenvalue weighted by Crippen LogP contribution is -2.16. The molecule has 0 aliphatic heterocycles. The Kier molecular flexibility index (Phi) is 9.54. The van der Waals surface area contributed by atoms with Gasteiger partial charge in [0.15, 0.2) is 0 Å². The van der Waals surface area contributed by atoms with Crippen molar-refractivity contribution in [2.75, 3.05) is 0 Å². The molecule has 3 aromatic carbocycles. The van der Waals surface area contributed by atoms with E-state index in [1.165, 1.54) is 0 Å². The van der Waals surface area contributed by atoms with E-state index >= 15 is 0 Å². The third-order valence-corrected chi connectivity index (χ3v) is 5.99. The zero-order valence-electron chi connectivity index (χ0n) is 18.3. The van der Waals surface area contributed by atoms with E-state index < -0.39 is 6.29 Å². The minimum absolute atomic E-state index is 0.168. The van der Waals surface area contributed by atoms with E-state index in [-0.39, 0.29) is 5.78 Å². The topological polar surface area (TPSA) is 58.9 Å². The van der Waals surface area contributed by atoms with Crippen molar-refractivity contribution in [2.45, 2.75) is 55.1 Å². The summed E-state index contributed by atoms with van der Waals surface area (Å²) in [5.74, 6) is -0.168. The SMILES string of the molecule is CCCCCC/C(=N/OC(O)c1ccccc1)C(=O)c1ccc(Sc2ccccc2)cc1. The molecule has 0 saturated heterocycles. The maximum atomic E-state index is 13.1. The molecule has 166 valence electrons. The quantitative estimate of drug-likeness (QED) is 0.106. The van der Waals surface area contributed by atoms with E-state index in [0.717, 1.165) is 35.5 Å². The average molecular weight is 448 g/mol. The molecule has 0 aliphatic carbocycles. The molecular formula is C27H29NO3S.